The lowest BCUT2D eigenvalue weighted by atomic mass is 9.87. The molecule has 0 amide bonds. The summed E-state index contributed by atoms with van der Waals surface area (Å²) in [5.41, 5.74) is 4.11. The van der Waals surface area contributed by atoms with Crippen LogP contribution in [-0.4, -0.2) is 11.3 Å². The van der Waals surface area contributed by atoms with Gasteiger partial charge in [-0.2, -0.15) is 0 Å². The second-order valence-corrected chi connectivity index (χ2v) is 6.12. The average Bonchev–Trinajstić information content (AvgIpc) is 2.39. The Bertz CT molecular complexity index is 636. The number of hydrogen-bond donors (Lipinski definition) is 1. The third kappa shape index (κ3) is 3.47. The minimum atomic E-state index is 0.108. The first kappa shape index (κ1) is 14.3. The van der Waals surface area contributed by atoms with Gasteiger partial charge in [0.25, 0.3) is 0 Å². The predicted molar refractivity (Wildman–Crippen MR) is 85.2 cm³/mol. The lowest BCUT2D eigenvalue weighted by molar-refractivity contribution is 0.474. The first-order chi connectivity index (χ1) is 9.36. The van der Waals surface area contributed by atoms with Gasteiger partial charge in [0.15, 0.2) is 0 Å². The maximum atomic E-state index is 9.81. The molecule has 0 spiro atoms. The molecular formula is C18H21NO. The lowest BCUT2D eigenvalue weighted by Crippen LogP contribution is -2.10. The van der Waals surface area contributed by atoms with E-state index in [0.717, 1.165) is 16.8 Å². The van der Waals surface area contributed by atoms with Gasteiger partial charge in [-0.15, -0.1) is 0 Å². The molecule has 0 unspecified atom stereocenters. The summed E-state index contributed by atoms with van der Waals surface area (Å²) in [5, 5.41) is 9.81. The molecule has 0 aromatic heterocycles. The molecule has 104 valence electrons. The van der Waals surface area contributed by atoms with Crippen LogP contribution in [0.1, 0.15) is 37.5 Å². The van der Waals surface area contributed by atoms with Crippen LogP contribution >= 0.6 is 0 Å². The fourth-order valence-corrected chi connectivity index (χ4v) is 1.97. The van der Waals surface area contributed by atoms with Gasteiger partial charge in [-0.05, 0) is 42.2 Å². The topological polar surface area (TPSA) is 32.6 Å². The number of hydrogen-bond acceptors (Lipinski definition) is 2. The predicted octanol–water partition coefficient (Wildman–Crippen LogP) is 4.75. The largest absolute Gasteiger partial charge is 0.507 e. The van der Waals surface area contributed by atoms with Crippen molar-refractivity contribution in [3.05, 3.63) is 59.2 Å². The van der Waals surface area contributed by atoms with Crippen LogP contribution in [0.15, 0.2) is 47.5 Å². The second-order valence-electron chi connectivity index (χ2n) is 6.12. The van der Waals surface area contributed by atoms with Gasteiger partial charge in [-0.1, -0.05) is 44.5 Å². The van der Waals surface area contributed by atoms with Crippen LogP contribution in [0.5, 0.6) is 5.75 Å². The zero-order chi connectivity index (χ0) is 14.8. The quantitative estimate of drug-likeness (QED) is 0.782. The van der Waals surface area contributed by atoms with Crippen molar-refractivity contribution in [3.8, 4) is 5.75 Å². The Hall–Kier alpha value is -2.09. The van der Waals surface area contributed by atoms with Crippen LogP contribution < -0.4 is 0 Å². The van der Waals surface area contributed by atoms with E-state index in [0.29, 0.717) is 0 Å². The number of nitrogens with zero attached hydrogens (tertiary/aromatic N) is 1. The van der Waals surface area contributed by atoms with Crippen molar-refractivity contribution in [2.24, 2.45) is 4.99 Å². The first-order valence-corrected chi connectivity index (χ1v) is 6.80. The van der Waals surface area contributed by atoms with Crippen molar-refractivity contribution in [2.45, 2.75) is 33.1 Å². The summed E-state index contributed by atoms with van der Waals surface area (Å²) in [6.45, 7) is 8.55. The van der Waals surface area contributed by atoms with E-state index in [4.69, 9.17) is 0 Å². The molecule has 2 aromatic carbocycles. The summed E-state index contributed by atoms with van der Waals surface area (Å²) in [6.07, 6.45) is 1.71. The highest BCUT2D eigenvalue weighted by Gasteiger charge is 2.13. The van der Waals surface area contributed by atoms with Gasteiger partial charge >= 0.3 is 0 Å². The molecule has 0 bridgehead atoms. The molecule has 0 aliphatic rings. The van der Waals surface area contributed by atoms with Gasteiger partial charge in [0.2, 0.25) is 0 Å². The number of aromatic hydroxyl groups is 1. The highest BCUT2D eigenvalue weighted by molar-refractivity contribution is 5.85. The molecule has 0 atom stereocenters. The van der Waals surface area contributed by atoms with E-state index < -0.39 is 0 Å². The van der Waals surface area contributed by atoms with Crippen LogP contribution in [0, 0.1) is 6.92 Å². The van der Waals surface area contributed by atoms with Crippen LogP contribution in [0.3, 0.4) is 0 Å². The average molecular weight is 267 g/mol. The summed E-state index contributed by atoms with van der Waals surface area (Å²) < 4.78 is 0. The van der Waals surface area contributed by atoms with E-state index in [1.807, 2.05) is 31.2 Å². The first-order valence-electron chi connectivity index (χ1n) is 6.80. The van der Waals surface area contributed by atoms with E-state index in [1.165, 1.54) is 5.56 Å². The van der Waals surface area contributed by atoms with Gasteiger partial charge < -0.3 is 5.11 Å². The lowest BCUT2D eigenvalue weighted by Gasteiger charge is -2.18. The van der Waals surface area contributed by atoms with Gasteiger partial charge in [0.1, 0.15) is 5.75 Å². The fourth-order valence-electron chi connectivity index (χ4n) is 1.97. The molecule has 20 heavy (non-hydrogen) atoms. The molecule has 1 N–H and O–H groups in total. The van der Waals surface area contributed by atoms with E-state index in [9.17, 15) is 5.11 Å². The van der Waals surface area contributed by atoms with Gasteiger partial charge in [-0.3, -0.25) is 4.99 Å². The molecule has 2 nitrogen and oxygen atoms in total. The molecular weight excluding hydrogens is 246 g/mol. The molecule has 0 aliphatic carbocycles. The minimum Gasteiger partial charge on any atom is -0.507 e. The molecule has 2 heteroatoms. The summed E-state index contributed by atoms with van der Waals surface area (Å²) >= 11 is 0. The van der Waals surface area contributed by atoms with Gasteiger partial charge in [-0.25, -0.2) is 0 Å². The third-order valence-corrected chi connectivity index (χ3v) is 3.25. The Balaban J connectivity index is 2.30. The van der Waals surface area contributed by atoms with Crippen LogP contribution in [0.2, 0.25) is 0 Å². The number of phenols is 1. The van der Waals surface area contributed by atoms with Crippen LogP contribution in [0.4, 0.5) is 5.69 Å². The number of aliphatic imine (C=N–C) groups is 1. The van der Waals surface area contributed by atoms with Crippen molar-refractivity contribution in [3.63, 3.8) is 0 Å². The molecule has 2 rings (SSSR count). The van der Waals surface area contributed by atoms with Crippen molar-refractivity contribution in [1.29, 1.82) is 0 Å². The number of phenolic OH excluding ortho intramolecular Hbond substituents is 1. The maximum absolute atomic E-state index is 9.81. The van der Waals surface area contributed by atoms with Crippen molar-refractivity contribution in [1.82, 2.24) is 0 Å². The maximum Gasteiger partial charge on any atom is 0.124 e. The molecule has 0 saturated heterocycles. The zero-order valence-electron chi connectivity index (χ0n) is 12.5. The van der Waals surface area contributed by atoms with Crippen molar-refractivity contribution >= 4 is 11.9 Å². The van der Waals surface area contributed by atoms with Gasteiger partial charge in [0.05, 0.1) is 5.69 Å². The molecule has 0 fully saturated rings. The Morgan fingerprint density at radius 3 is 2.50 bits per heavy atom. The van der Waals surface area contributed by atoms with E-state index in [1.54, 1.807) is 12.3 Å². The van der Waals surface area contributed by atoms with Crippen molar-refractivity contribution in [2.75, 3.05) is 0 Å². The summed E-state index contributed by atoms with van der Waals surface area (Å²) in [5.74, 6) is 0.256. The molecule has 0 saturated carbocycles. The molecule has 0 aliphatic heterocycles. The molecule has 0 heterocycles. The SMILES string of the molecule is Cc1ccc(O)c(C=Nc2cccc(C(C)(C)C)c2)c1. The summed E-state index contributed by atoms with van der Waals surface area (Å²) in [4.78, 5) is 4.47. The highest BCUT2D eigenvalue weighted by Crippen LogP contribution is 2.26. The Morgan fingerprint density at radius 2 is 1.80 bits per heavy atom. The smallest absolute Gasteiger partial charge is 0.124 e. The number of aryl methyl sites for hydroxylation is 1. The Labute approximate surface area is 120 Å². The third-order valence-electron chi connectivity index (χ3n) is 3.25. The minimum absolute atomic E-state index is 0.108. The number of rotatable bonds is 2. The van der Waals surface area contributed by atoms with Crippen molar-refractivity contribution < 1.29 is 5.11 Å². The van der Waals surface area contributed by atoms with Crippen LogP contribution in [0.25, 0.3) is 0 Å². The fraction of sp³-hybridized carbons (Fsp3) is 0.278. The highest BCUT2D eigenvalue weighted by atomic mass is 16.3. The Morgan fingerprint density at radius 1 is 1.05 bits per heavy atom. The zero-order valence-corrected chi connectivity index (χ0v) is 12.5. The van der Waals surface area contributed by atoms with E-state index >= 15 is 0 Å². The van der Waals surface area contributed by atoms with E-state index in [-0.39, 0.29) is 11.2 Å². The van der Waals surface area contributed by atoms with Gasteiger partial charge in [0, 0.05) is 11.8 Å². The standard InChI is InChI=1S/C18H21NO/c1-13-8-9-17(20)14(10-13)12-19-16-7-5-6-15(11-16)18(2,3)4/h5-12,20H,1-4H3. The second kappa shape index (κ2) is 5.49. The monoisotopic (exact) mass is 267 g/mol. The van der Waals surface area contributed by atoms with E-state index in [2.05, 4.69) is 37.9 Å². The molecule has 2 aromatic rings. The van der Waals surface area contributed by atoms with Crippen LogP contribution in [-0.2, 0) is 5.41 Å². The Kier molecular flexibility index (Phi) is 3.93. The number of benzene rings is 2. The summed E-state index contributed by atoms with van der Waals surface area (Å²) in [7, 11) is 0. The molecule has 0 radical (unpaired) electrons. The normalized spacial score (nSPS) is 12.0. The summed E-state index contributed by atoms with van der Waals surface area (Å²) in [6, 6.07) is 13.7.